The van der Waals surface area contributed by atoms with E-state index in [-0.39, 0.29) is 0 Å². The summed E-state index contributed by atoms with van der Waals surface area (Å²) in [5.74, 6) is 0. The van der Waals surface area contributed by atoms with Gasteiger partial charge in [0.1, 0.15) is 0 Å². The van der Waals surface area contributed by atoms with Gasteiger partial charge in [0.2, 0.25) is 0 Å². The molecule has 3 heteroatoms. The first-order valence-corrected chi connectivity index (χ1v) is 7.95. The van der Waals surface area contributed by atoms with E-state index in [0.717, 1.165) is 38.3 Å². The SMILES string of the molecule is NCCCN(C1CCCCCC1)C1CCOCC1. The number of ether oxygens (including phenoxy) is 1. The third kappa shape index (κ3) is 4.22. The molecular weight excluding hydrogens is 224 g/mol. The van der Waals surface area contributed by atoms with E-state index in [0.29, 0.717) is 0 Å². The highest BCUT2D eigenvalue weighted by Gasteiger charge is 2.27. The molecule has 3 nitrogen and oxygen atoms in total. The highest BCUT2D eigenvalue weighted by molar-refractivity contribution is 4.82. The van der Waals surface area contributed by atoms with Crippen molar-refractivity contribution in [3.05, 3.63) is 0 Å². The van der Waals surface area contributed by atoms with E-state index in [9.17, 15) is 0 Å². The summed E-state index contributed by atoms with van der Waals surface area (Å²) < 4.78 is 5.52. The van der Waals surface area contributed by atoms with Crippen molar-refractivity contribution in [2.24, 2.45) is 5.73 Å². The largest absolute Gasteiger partial charge is 0.381 e. The Hall–Kier alpha value is -0.120. The van der Waals surface area contributed by atoms with Crippen molar-refractivity contribution >= 4 is 0 Å². The first kappa shape index (κ1) is 14.3. The van der Waals surface area contributed by atoms with Crippen LogP contribution in [0.5, 0.6) is 0 Å². The van der Waals surface area contributed by atoms with Gasteiger partial charge >= 0.3 is 0 Å². The van der Waals surface area contributed by atoms with Gasteiger partial charge in [-0.2, -0.15) is 0 Å². The van der Waals surface area contributed by atoms with Gasteiger partial charge in [0.05, 0.1) is 0 Å². The lowest BCUT2D eigenvalue weighted by Gasteiger charge is -2.40. The molecule has 2 N–H and O–H groups in total. The van der Waals surface area contributed by atoms with Gasteiger partial charge in [-0.15, -0.1) is 0 Å². The van der Waals surface area contributed by atoms with Gasteiger partial charge in [0.15, 0.2) is 0 Å². The molecule has 1 heterocycles. The van der Waals surface area contributed by atoms with Gasteiger partial charge in [-0.3, -0.25) is 4.90 Å². The minimum Gasteiger partial charge on any atom is -0.381 e. The maximum absolute atomic E-state index is 5.72. The van der Waals surface area contributed by atoms with Crippen LogP contribution in [0.4, 0.5) is 0 Å². The molecule has 106 valence electrons. The molecule has 2 aliphatic rings. The zero-order valence-corrected chi connectivity index (χ0v) is 11.8. The van der Waals surface area contributed by atoms with Gasteiger partial charge in [0, 0.05) is 25.3 Å². The van der Waals surface area contributed by atoms with Crippen LogP contribution in [0.3, 0.4) is 0 Å². The van der Waals surface area contributed by atoms with E-state index in [1.54, 1.807) is 0 Å². The Morgan fingerprint density at radius 1 is 0.889 bits per heavy atom. The zero-order valence-electron chi connectivity index (χ0n) is 11.8. The minimum absolute atomic E-state index is 0.758. The van der Waals surface area contributed by atoms with Crippen LogP contribution in [0.1, 0.15) is 57.8 Å². The molecule has 1 aliphatic carbocycles. The van der Waals surface area contributed by atoms with E-state index >= 15 is 0 Å². The predicted octanol–water partition coefficient (Wildman–Crippen LogP) is 2.54. The smallest absolute Gasteiger partial charge is 0.0480 e. The van der Waals surface area contributed by atoms with Crippen LogP contribution < -0.4 is 5.73 Å². The maximum atomic E-state index is 5.72. The fourth-order valence-corrected chi connectivity index (χ4v) is 3.54. The Labute approximate surface area is 112 Å². The Morgan fingerprint density at radius 2 is 1.50 bits per heavy atom. The molecule has 0 amide bonds. The Morgan fingerprint density at radius 3 is 2.11 bits per heavy atom. The standard InChI is InChI=1S/C15H30N2O/c16-10-5-11-17(15-8-12-18-13-9-15)14-6-3-1-2-4-7-14/h14-15H,1-13,16H2. The Balaban J connectivity index is 1.92. The second-order valence-corrected chi connectivity index (χ2v) is 5.87. The van der Waals surface area contributed by atoms with Gasteiger partial charge in [-0.25, -0.2) is 0 Å². The Bertz CT molecular complexity index is 209. The predicted molar refractivity (Wildman–Crippen MR) is 75.7 cm³/mol. The summed E-state index contributed by atoms with van der Waals surface area (Å²) in [5.41, 5.74) is 5.72. The third-order valence-corrected chi connectivity index (χ3v) is 4.57. The fourth-order valence-electron chi connectivity index (χ4n) is 3.54. The number of hydrogen-bond acceptors (Lipinski definition) is 3. The quantitative estimate of drug-likeness (QED) is 0.766. The molecule has 2 rings (SSSR count). The summed E-state index contributed by atoms with van der Waals surface area (Å²) in [6, 6.07) is 1.58. The Kier molecular flexibility index (Phi) is 6.46. The molecule has 0 atom stereocenters. The van der Waals surface area contributed by atoms with E-state index < -0.39 is 0 Å². The van der Waals surface area contributed by atoms with Crippen LogP contribution in [0.2, 0.25) is 0 Å². The molecule has 0 spiro atoms. The molecule has 0 bridgehead atoms. The summed E-state index contributed by atoms with van der Waals surface area (Å²) in [7, 11) is 0. The summed E-state index contributed by atoms with van der Waals surface area (Å²) in [6.45, 7) is 3.94. The number of rotatable bonds is 5. The molecule has 18 heavy (non-hydrogen) atoms. The zero-order chi connectivity index (χ0) is 12.6. The summed E-state index contributed by atoms with van der Waals surface area (Å²) in [5, 5.41) is 0. The van der Waals surface area contributed by atoms with Gasteiger partial charge in [-0.05, 0) is 45.2 Å². The normalized spacial score (nSPS) is 24.3. The van der Waals surface area contributed by atoms with E-state index in [4.69, 9.17) is 10.5 Å². The lowest BCUT2D eigenvalue weighted by molar-refractivity contribution is 0.0132. The van der Waals surface area contributed by atoms with E-state index in [2.05, 4.69) is 4.90 Å². The molecular formula is C15H30N2O. The minimum atomic E-state index is 0.758. The molecule has 0 aromatic heterocycles. The molecule has 1 aliphatic heterocycles. The van der Waals surface area contributed by atoms with Crippen LogP contribution in [-0.2, 0) is 4.74 Å². The average molecular weight is 254 g/mol. The van der Waals surface area contributed by atoms with Crippen molar-refractivity contribution in [2.75, 3.05) is 26.3 Å². The van der Waals surface area contributed by atoms with Crippen LogP contribution in [-0.4, -0.2) is 43.3 Å². The molecule has 0 aromatic carbocycles. The number of hydrogen-bond donors (Lipinski definition) is 1. The first-order chi connectivity index (χ1) is 8.92. The highest BCUT2D eigenvalue weighted by Crippen LogP contribution is 2.26. The maximum Gasteiger partial charge on any atom is 0.0480 e. The third-order valence-electron chi connectivity index (χ3n) is 4.57. The van der Waals surface area contributed by atoms with Crippen molar-refractivity contribution in [3.63, 3.8) is 0 Å². The molecule has 0 aromatic rings. The highest BCUT2D eigenvalue weighted by atomic mass is 16.5. The van der Waals surface area contributed by atoms with Gasteiger partial charge < -0.3 is 10.5 Å². The lowest BCUT2D eigenvalue weighted by atomic mass is 9.99. The lowest BCUT2D eigenvalue weighted by Crippen LogP contribution is -2.46. The summed E-state index contributed by atoms with van der Waals surface area (Å²) >= 11 is 0. The molecule has 0 radical (unpaired) electrons. The van der Waals surface area contributed by atoms with Crippen molar-refractivity contribution in [2.45, 2.75) is 69.9 Å². The second-order valence-electron chi connectivity index (χ2n) is 5.87. The first-order valence-electron chi connectivity index (χ1n) is 7.95. The summed E-state index contributed by atoms with van der Waals surface area (Å²) in [4.78, 5) is 2.79. The topological polar surface area (TPSA) is 38.5 Å². The van der Waals surface area contributed by atoms with Crippen LogP contribution >= 0.6 is 0 Å². The molecule has 2 fully saturated rings. The monoisotopic (exact) mass is 254 g/mol. The van der Waals surface area contributed by atoms with Gasteiger partial charge in [0.25, 0.3) is 0 Å². The van der Waals surface area contributed by atoms with Gasteiger partial charge in [-0.1, -0.05) is 25.7 Å². The van der Waals surface area contributed by atoms with Crippen molar-refractivity contribution in [3.8, 4) is 0 Å². The molecule has 1 saturated carbocycles. The average Bonchev–Trinajstić information content (AvgIpc) is 2.70. The van der Waals surface area contributed by atoms with Crippen molar-refractivity contribution in [1.82, 2.24) is 4.90 Å². The molecule has 1 saturated heterocycles. The van der Waals surface area contributed by atoms with E-state index in [1.165, 1.54) is 57.9 Å². The van der Waals surface area contributed by atoms with Crippen molar-refractivity contribution < 1.29 is 4.74 Å². The number of nitrogens with two attached hydrogens (primary N) is 1. The van der Waals surface area contributed by atoms with Crippen molar-refractivity contribution in [1.29, 1.82) is 0 Å². The number of nitrogens with zero attached hydrogens (tertiary/aromatic N) is 1. The van der Waals surface area contributed by atoms with Crippen LogP contribution in [0, 0.1) is 0 Å². The fraction of sp³-hybridized carbons (Fsp3) is 1.00. The molecule has 0 unspecified atom stereocenters. The second kappa shape index (κ2) is 8.13. The van der Waals surface area contributed by atoms with Crippen LogP contribution in [0.15, 0.2) is 0 Å². The van der Waals surface area contributed by atoms with Crippen LogP contribution in [0.25, 0.3) is 0 Å². The summed E-state index contributed by atoms with van der Waals surface area (Å²) in [6.07, 6.45) is 12.1. The van der Waals surface area contributed by atoms with E-state index in [1.807, 2.05) is 0 Å².